The van der Waals surface area contributed by atoms with Crippen molar-refractivity contribution >= 4 is 14.1 Å². The van der Waals surface area contributed by atoms with Crippen molar-refractivity contribution in [2.45, 2.75) is 5.79 Å². The van der Waals surface area contributed by atoms with Gasteiger partial charge in [-0.25, -0.2) is 0 Å². The van der Waals surface area contributed by atoms with E-state index in [1.807, 2.05) is 9.88 Å². The minimum Gasteiger partial charge on any atom is -0.147 e. The van der Waals surface area contributed by atoms with Gasteiger partial charge in [-0.2, -0.15) is 0 Å². The van der Waals surface area contributed by atoms with E-state index in [4.69, 9.17) is 0 Å². The van der Waals surface area contributed by atoms with Crippen molar-refractivity contribution in [2.75, 3.05) is 0 Å². The molecule has 0 atom stereocenters. The summed E-state index contributed by atoms with van der Waals surface area (Å²) in [7, 11) is 0. The Morgan fingerprint density at radius 1 is 1.33 bits per heavy atom. The summed E-state index contributed by atoms with van der Waals surface area (Å²) in [4.78, 5) is 3.99. The van der Waals surface area contributed by atoms with Gasteiger partial charge in [-0.05, 0) is 0 Å². The summed E-state index contributed by atoms with van der Waals surface area (Å²) in [6.07, 6.45) is 0. The molecule has 0 aliphatic heterocycles. The molecule has 0 aromatic carbocycles. The van der Waals surface area contributed by atoms with Crippen LogP contribution in [0.3, 0.4) is 0 Å². The third-order valence-corrected chi connectivity index (χ3v) is 2.23. The van der Waals surface area contributed by atoms with Gasteiger partial charge < -0.3 is 0 Å². The van der Waals surface area contributed by atoms with Crippen LogP contribution in [-0.4, -0.2) is 14.1 Å². The molecule has 0 fully saturated rings. The lowest BCUT2D eigenvalue weighted by Gasteiger charge is -1.78. The van der Waals surface area contributed by atoms with Gasteiger partial charge in [0.2, 0.25) is 0 Å². The molecule has 0 rings (SSSR count). The quantitative estimate of drug-likeness (QED) is 0.457. The molecule has 0 N–H and O–H groups in total. The molecule has 0 amide bonds. The molecule has 0 saturated heterocycles. The Morgan fingerprint density at radius 3 is 1.67 bits per heavy atom. The second kappa shape index (κ2) is 3.21. The smallest absolute Gasteiger partial charge is 0.147 e. The molecule has 0 aromatic rings. The van der Waals surface area contributed by atoms with Crippen molar-refractivity contribution in [3.05, 3.63) is 23.0 Å². The van der Waals surface area contributed by atoms with E-state index in [9.17, 15) is 0 Å². The van der Waals surface area contributed by atoms with Crippen LogP contribution in [0.2, 0.25) is 5.79 Å². The van der Waals surface area contributed by atoms with Crippen molar-refractivity contribution < 1.29 is 0 Å². The fourth-order valence-corrected chi connectivity index (χ4v) is 0.289. The molecule has 0 radical (unpaired) electrons. The highest BCUT2D eigenvalue weighted by Crippen LogP contribution is 1.78. The molecule has 6 heavy (non-hydrogen) atoms. The summed E-state index contributed by atoms with van der Waals surface area (Å²) in [6, 6.07) is 0. The van der Waals surface area contributed by atoms with Gasteiger partial charge in [-0.3, -0.25) is 0 Å². The third kappa shape index (κ3) is 2.26. The van der Waals surface area contributed by atoms with Crippen molar-refractivity contribution in [3.63, 3.8) is 0 Å². The highest BCUT2D eigenvalue weighted by atomic mass is 27.2. The van der Waals surface area contributed by atoms with Crippen LogP contribution in [0.25, 0.3) is 0 Å². The molecule has 0 saturated carbocycles. The largest absolute Gasteiger partial charge is 0.321 e. The normalized spacial score (nSPS) is 6.83. The Labute approximate surface area is 43.6 Å². The fourth-order valence-electron chi connectivity index (χ4n) is 0.0962. The van der Waals surface area contributed by atoms with Crippen LogP contribution >= 0.6 is 0 Å². The van der Waals surface area contributed by atoms with E-state index in [0.29, 0.717) is 0 Å². The van der Waals surface area contributed by atoms with Crippen LogP contribution in [0, 0.1) is 0 Å². The van der Waals surface area contributed by atoms with Gasteiger partial charge in [0.05, 0.1) is 0 Å². The molecule has 0 aliphatic rings. The molecular formula is C5H9Al. The maximum Gasteiger partial charge on any atom is 0.321 e. The maximum absolute atomic E-state index is 3.62. The first kappa shape index (κ1) is 6.01. The summed E-state index contributed by atoms with van der Waals surface area (Å²) < 4.78 is 0. The van der Waals surface area contributed by atoms with E-state index in [2.05, 4.69) is 18.9 Å². The first-order chi connectivity index (χ1) is 2.81. The fraction of sp³-hybridized carbons (Fsp3) is 0.200. The van der Waals surface area contributed by atoms with Crippen molar-refractivity contribution in [1.82, 2.24) is 0 Å². The Bertz CT molecular complexity index is 49.0. The molecule has 0 heterocycles. The average molecular weight is 96.1 g/mol. The standard InChI is InChI=1S/2C2H3.CH3.Al/c2*1-2;;/h2*1H,2H2;1H3;. The van der Waals surface area contributed by atoms with E-state index in [-0.39, 0.29) is 0 Å². The monoisotopic (exact) mass is 96.1 g/mol. The van der Waals surface area contributed by atoms with Gasteiger partial charge in [0, 0.05) is 0 Å². The van der Waals surface area contributed by atoms with Crippen molar-refractivity contribution in [2.24, 2.45) is 0 Å². The van der Waals surface area contributed by atoms with Crippen molar-refractivity contribution in [3.8, 4) is 0 Å². The molecule has 0 nitrogen and oxygen atoms in total. The lowest BCUT2D eigenvalue weighted by molar-refractivity contribution is 2.11. The first-order valence-electron chi connectivity index (χ1n) is 2.06. The minimum absolute atomic E-state index is 0.633. The number of rotatable bonds is 2. The highest BCUT2D eigenvalue weighted by Gasteiger charge is 1.92. The lowest BCUT2D eigenvalue weighted by atomic mass is 11.2. The van der Waals surface area contributed by atoms with E-state index in [1.165, 1.54) is 0 Å². The third-order valence-electron chi connectivity index (χ3n) is 0.744. The Morgan fingerprint density at radius 2 is 1.67 bits per heavy atom. The van der Waals surface area contributed by atoms with Gasteiger partial charge in [-0.15, -0.1) is 23.0 Å². The molecule has 0 aromatic heterocycles. The van der Waals surface area contributed by atoms with Gasteiger partial charge >= 0.3 is 14.1 Å². The van der Waals surface area contributed by atoms with Crippen LogP contribution in [0.1, 0.15) is 0 Å². The zero-order chi connectivity index (χ0) is 4.99. The van der Waals surface area contributed by atoms with E-state index in [0.717, 1.165) is 0 Å². The molecule has 0 spiro atoms. The predicted octanol–water partition coefficient (Wildman–Crippen LogP) is 1.56. The SMILES string of the molecule is C=[CH][Al]([CH3])[CH]=C. The van der Waals surface area contributed by atoms with E-state index < -0.39 is 14.1 Å². The summed E-state index contributed by atoms with van der Waals surface area (Å²) in [6.45, 7) is 7.24. The second-order valence-corrected chi connectivity index (χ2v) is 3.99. The maximum atomic E-state index is 3.62. The zero-order valence-electron chi connectivity index (χ0n) is 4.15. The van der Waals surface area contributed by atoms with Crippen LogP contribution in [0.4, 0.5) is 0 Å². The van der Waals surface area contributed by atoms with Gasteiger partial charge in [0.15, 0.2) is 0 Å². The predicted molar refractivity (Wildman–Crippen MR) is 32.0 cm³/mol. The molecule has 0 aliphatic carbocycles. The Balaban J connectivity index is 3.21. The van der Waals surface area contributed by atoms with E-state index >= 15 is 0 Å². The van der Waals surface area contributed by atoms with Crippen LogP contribution in [0.15, 0.2) is 23.0 Å². The average Bonchev–Trinajstić information content (AvgIpc) is 1.65. The lowest BCUT2D eigenvalue weighted by Crippen LogP contribution is -1.93. The summed E-state index contributed by atoms with van der Waals surface area (Å²) in [5.41, 5.74) is 0. The second-order valence-electron chi connectivity index (χ2n) is 1.33. The Kier molecular flexibility index (Phi) is 3.22. The van der Waals surface area contributed by atoms with Gasteiger partial charge in [-0.1, -0.05) is 5.79 Å². The molecular weight excluding hydrogens is 87.0 g/mol. The first-order valence-corrected chi connectivity index (χ1v) is 4.55. The molecule has 0 bridgehead atoms. The molecule has 1 heteroatoms. The van der Waals surface area contributed by atoms with Crippen LogP contribution < -0.4 is 0 Å². The topological polar surface area (TPSA) is 0 Å². The van der Waals surface area contributed by atoms with Crippen LogP contribution in [-0.2, 0) is 0 Å². The summed E-state index contributed by atoms with van der Waals surface area (Å²) in [5.74, 6) is 2.18. The molecule has 0 unspecified atom stereocenters. The minimum atomic E-state index is -0.633. The number of hydrogen-bond acceptors (Lipinski definition) is 0. The zero-order valence-corrected chi connectivity index (χ0v) is 5.30. The van der Waals surface area contributed by atoms with Gasteiger partial charge in [0.1, 0.15) is 0 Å². The van der Waals surface area contributed by atoms with E-state index in [1.54, 1.807) is 0 Å². The molecule has 32 valence electrons. The number of hydrogen-bond donors (Lipinski definition) is 0. The van der Waals surface area contributed by atoms with Crippen LogP contribution in [0.5, 0.6) is 0 Å². The summed E-state index contributed by atoms with van der Waals surface area (Å²) >= 11 is -0.633. The highest BCUT2D eigenvalue weighted by molar-refractivity contribution is 6.67. The van der Waals surface area contributed by atoms with Crippen molar-refractivity contribution in [1.29, 1.82) is 0 Å². The Hall–Kier alpha value is 0.0125. The summed E-state index contributed by atoms with van der Waals surface area (Å²) in [5, 5.41) is 0. The van der Waals surface area contributed by atoms with Gasteiger partial charge in [0.25, 0.3) is 0 Å².